The summed E-state index contributed by atoms with van der Waals surface area (Å²) < 4.78 is 5.52. The van der Waals surface area contributed by atoms with Crippen molar-refractivity contribution in [2.24, 2.45) is 0 Å². The van der Waals surface area contributed by atoms with Gasteiger partial charge in [0, 0.05) is 24.1 Å². The highest BCUT2D eigenvalue weighted by Crippen LogP contribution is 2.24. The molecular weight excluding hydrogens is 264 g/mol. The van der Waals surface area contributed by atoms with E-state index >= 15 is 0 Å². The van der Waals surface area contributed by atoms with Crippen LogP contribution in [-0.4, -0.2) is 46.8 Å². The Bertz CT molecular complexity index is 517. The molecule has 0 aromatic heterocycles. The maximum atomic E-state index is 11.8. The van der Waals surface area contributed by atoms with Gasteiger partial charge < -0.3 is 14.7 Å². The molecule has 0 radical (unpaired) electrons. The number of hydroxylamine groups is 1. The largest absolute Gasteiger partial charge is 0.491 e. The molecule has 0 atom stereocenters. The number of nitrogens with one attached hydrogen (secondary N) is 1. The molecule has 0 saturated carbocycles. The van der Waals surface area contributed by atoms with Crippen LogP contribution in [0.4, 0.5) is 0 Å². The number of amides is 2. The predicted molar refractivity (Wildman–Crippen MR) is 68.3 cm³/mol. The Labute approximate surface area is 115 Å². The molecule has 0 fully saturated rings. The van der Waals surface area contributed by atoms with E-state index in [9.17, 15) is 9.59 Å². The molecule has 0 aliphatic carbocycles. The van der Waals surface area contributed by atoms with Gasteiger partial charge in [0.15, 0.2) is 0 Å². The summed E-state index contributed by atoms with van der Waals surface area (Å²) >= 11 is 0. The van der Waals surface area contributed by atoms with Gasteiger partial charge in [-0.2, -0.15) is 0 Å². The quantitative estimate of drug-likeness (QED) is 0.531. The topological polar surface area (TPSA) is 99.1 Å². The van der Waals surface area contributed by atoms with E-state index < -0.39 is 5.91 Å². The molecule has 0 bridgehead atoms. The zero-order chi connectivity index (χ0) is 14.5. The third kappa shape index (κ3) is 3.06. The predicted octanol–water partition coefficient (Wildman–Crippen LogP) is -0.0910. The van der Waals surface area contributed by atoms with Crippen LogP contribution in [-0.2, 0) is 11.3 Å². The fraction of sp³-hybridized carbons (Fsp3) is 0.385. The van der Waals surface area contributed by atoms with Gasteiger partial charge >= 0.3 is 0 Å². The molecule has 0 saturated heterocycles. The average Bonchev–Trinajstić information content (AvgIpc) is 2.68. The van der Waals surface area contributed by atoms with E-state index in [1.54, 1.807) is 22.5 Å². The van der Waals surface area contributed by atoms with Crippen LogP contribution in [0, 0.1) is 0 Å². The van der Waals surface area contributed by atoms with Crippen molar-refractivity contribution in [1.82, 2.24) is 10.4 Å². The lowest BCUT2D eigenvalue weighted by molar-refractivity contribution is -0.132. The number of aliphatic hydroxyl groups excluding tert-OH is 1. The third-order valence-corrected chi connectivity index (χ3v) is 3.09. The molecule has 1 heterocycles. The first-order chi connectivity index (χ1) is 9.65. The summed E-state index contributed by atoms with van der Waals surface area (Å²) in [6, 6.07) is 4.76. The number of ether oxygens (including phenoxy) is 1. The number of nitrogens with zero attached hydrogens (tertiary/aromatic N) is 1. The second-order valence-corrected chi connectivity index (χ2v) is 4.40. The van der Waals surface area contributed by atoms with Gasteiger partial charge in [-0.05, 0) is 12.1 Å². The van der Waals surface area contributed by atoms with Crippen molar-refractivity contribution in [3.8, 4) is 5.75 Å². The highest BCUT2D eigenvalue weighted by Gasteiger charge is 2.20. The van der Waals surface area contributed by atoms with Crippen LogP contribution >= 0.6 is 0 Å². The van der Waals surface area contributed by atoms with E-state index in [2.05, 4.69) is 0 Å². The van der Waals surface area contributed by atoms with E-state index in [1.807, 2.05) is 0 Å². The van der Waals surface area contributed by atoms with Crippen molar-refractivity contribution in [2.45, 2.75) is 13.0 Å². The van der Waals surface area contributed by atoms with E-state index in [4.69, 9.17) is 15.1 Å². The molecule has 108 valence electrons. The summed E-state index contributed by atoms with van der Waals surface area (Å²) in [6.07, 6.45) is 0.0837. The van der Waals surface area contributed by atoms with Crippen LogP contribution in [0.1, 0.15) is 22.3 Å². The summed E-state index contributed by atoms with van der Waals surface area (Å²) in [5.74, 6) is -0.236. The van der Waals surface area contributed by atoms with E-state index in [0.717, 1.165) is 5.56 Å². The van der Waals surface area contributed by atoms with Gasteiger partial charge in [0.05, 0.1) is 13.2 Å². The normalized spacial score (nSPS) is 14.0. The number of benzene rings is 1. The highest BCUT2D eigenvalue weighted by molar-refractivity contribution is 5.93. The van der Waals surface area contributed by atoms with Crippen LogP contribution in [0.3, 0.4) is 0 Å². The number of carbonyl (C=O) groups excluding carboxylic acids is 2. The first kappa shape index (κ1) is 14.3. The van der Waals surface area contributed by atoms with Crippen molar-refractivity contribution in [2.75, 3.05) is 19.8 Å². The van der Waals surface area contributed by atoms with E-state index in [0.29, 0.717) is 25.4 Å². The number of hydrogen-bond donors (Lipinski definition) is 3. The summed E-state index contributed by atoms with van der Waals surface area (Å²) in [6.45, 7) is 0.928. The van der Waals surface area contributed by atoms with Gasteiger partial charge in [-0.25, -0.2) is 5.48 Å². The van der Waals surface area contributed by atoms with Gasteiger partial charge in [0.25, 0.3) is 5.91 Å². The zero-order valence-corrected chi connectivity index (χ0v) is 10.8. The van der Waals surface area contributed by atoms with Gasteiger partial charge in [-0.1, -0.05) is 6.07 Å². The van der Waals surface area contributed by atoms with Crippen molar-refractivity contribution in [1.29, 1.82) is 0 Å². The van der Waals surface area contributed by atoms with Crippen molar-refractivity contribution >= 4 is 11.8 Å². The Balaban J connectivity index is 2.20. The lowest BCUT2D eigenvalue weighted by atomic mass is 10.1. The lowest BCUT2D eigenvalue weighted by Gasteiger charge is -2.19. The Hall–Kier alpha value is -2.12. The molecule has 20 heavy (non-hydrogen) atoms. The van der Waals surface area contributed by atoms with Gasteiger partial charge in [-0.3, -0.25) is 14.8 Å². The Morgan fingerprint density at radius 2 is 2.20 bits per heavy atom. The molecular formula is C13H16N2O5. The van der Waals surface area contributed by atoms with Crippen molar-refractivity contribution in [3.05, 3.63) is 29.3 Å². The maximum absolute atomic E-state index is 11.8. The van der Waals surface area contributed by atoms with Crippen LogP contribution in [0.15, 0.2) is 18.2 Å². The van der Waals surface area contributed by atoms with Gasteiger partial charge in [-0.15, -0.1) is 0 Å². The second kappa shape index (κ2) is 6.36. The van der Waals surface area contributed by atoms with Crippen molar-refractivity contribution < 1.29 is 24.6 Å². The van der Waals surface area contributed by atoms with Gasteiger partial charge in [0.2, 0.25) is 5.91 Å². The fourth-order valence-corrected chi connectivity index (χ4v) is 2.04. The molecule has 7 nitrogen and oxygen atoms in total. The first-order valence-electron chi connectivity index (χ1n) is 6.24. The molecule has 2 amide bonds. The van der Waals surface area contributed by atoms with E-state index in [-0.39, 0.29) is 24.5 Å². The molecule has 0 spiro atoms. The number of fused-ring (bicyclic) bond motifs is 1. The summed E-state index contributed by atoms with van der Waals surface area (Å²) in [7, 11) is 0. The minimum Gasteiger partial charge on any atom is -0.491 e. The molecule has 1 aliphatic heterocycles. The third-order valence-electron chi connectivity index (χ3n) is 3.09. The van der Waals surface area contributed by atoms with Crippen LogP contribution < -0.4 is 10.2 Å². The van der Waals surface area contributed by atoms with Crippen LogP contribution in [0.25, 0.3) is 0 Å². The zero-order valence-electron chi connectivity index (χ0n) is 10.8. The lowest BCUT2D eigenvalue weighted by Crippen LogP contribution is -2.32. The molecule has 0 unspecified atom stereocenters. The first-order valence-corrected chi connectivity index (χ1v) is 6.24. The number of rotatable bonds is 3. The minimum absolute atomic E-state index is 0.0837. The number of hydrogen-bond acceptors (Lipinski definition) is 5. The van der Waals surface area contributed by atoms with Crippen LogP contribution in [0.5, 0.6) is 5.75 Å². The SMILES string of the molecule is O=C(NO)c1ccc2c(c1)OCCN(C(=O)CCO)C2. The molecule has 3 N–H and O–H groups in total. The van der Waals surface area contributed by atoms with Crippen molar-refractivity contribution in [3.63, 3.8) is 0 Å². The van der Waals surface area contributed by atoms with Gasteiger partial charge in [0.1, 0.15) is 12.4 Å². The standard InChI is InChI=1S/C13H16N2O5/c16-5-3-12(17)15-4-6-20-11-7-9(13(18)14-19)1-2-10(11)8-15/h1-2,7,16,19H,3-6,8H2,(H,14,18). The average molecular weight is 280 g/mol. The fourth-order valence-electron chi connectivity index (χ4n) is 2.04. The Kier molecular flexibility index (Phi) is 4.54. The Morgan fingerprint density at radius 1 is 1.40 bits per heavy atom. The monoisotopic (exact) mass is 280 g/mol. The summed E-state index contributed by atoms with van der Waals surface area (Å²) in [5.41, 5.74) is 2.62. The highest BCUT2D eigenvalue weighted by atomic mass is 16.5. The maximum Gasteiger partial charge on any atom is 0.274 e. The summed E-state index contributed by atoms with van der Waals surface area (Å²) in [4.78, 5) is 24.7. The molecule has 1 aliphatic rings. The Morgan fingerprint density at radius 3 is 2.90 bits per heavy atom. The van der Waals surface area contributed by atoms with E-state index in [1.165, 1.54) is 6.07 Å². The minimum atomic E-state index is -0.617. The number of aliphatic hydroxyl groups is 1. The second-order valence-electron chi connectivity index (χ2n) is 4.40. The molecule has 1 aromatic rings. The smallest absolute Gasteiger partial charge is 0.274 e. The number of carbonyl (C=O) groups is 2. The molecule has 7 heteroatoms. The molecule has 1 aromatic carbocycles. The van der Waals surface area contributed by atoms with Crippen LogP contribution in [0.2, 0.25) is 0 Å². The molecule has 2 rings (SSSR count). The summed E-state index contributed by atoms with van der Waals surface area (Å²) in [5, 5.41) is 17.4.